The highest BCUT2D eigenvalue weighted by molar-refractivity contribution is 5.62. The van der Waals surface area contributed by atoms with Crippen LogP contribution in [-0.2, 0) is 0 Å². The van der Waals surface area contributed by atoms with Crippen molar-refractivity contribution in [3.63, 3.8) is 0 Å². The molecule has 1 fully saturated rings. The molecule has 1 aromatic rings. The van der Waals surface area contributed by atoms with Crippen LogP contribution in [0.15, 0.2) is 12.3 Å². The van der Waals surface area contributed by atoms with Crippen LogP contribution in [-0.4, -0.2) is 11.0 Å². The molecule has 0 spiro atoms. The Bertz CT molecular complexity index is 383. The standard InChI is InChI=1S/C15H25N3/c1-3-14(12-7-5-4-6-8-12)18-15-13(16)9-11(2)10-17-15/h9-10,12,14H,3-8,16H2,1-2H3,(H,17,18). The van der Waals surface area contributed by atoms with Crippen molar-refractivity contribution in [2.75, 3.05) is 11.1 Å². The molecule has 1 aliphatic carbocycles. The molecule has 2 rings (SSSR count). The number of anilines is 2. The lowest BCUT2D eigenvalue weighted by molar-refractivity contribution is 0.312. The van der Waals surface area contributed by atoms with Crippen molar-refractivity contribution in [1.29, 1.82) is 0 Å². The van der Waals surface area contributed by atoms with Gasteiger partial charge in [-0.25, -0.2) is 4.98 Å². The van der Waals surface area contributed by atoms with Crippen molar-refractivity contribution in [3.8, 4) is 0 Å². The minimum Gasteiger partial charge on any atom is -0.396 e. The van der Waals surface area contributed by atoms with E-state index in [2.05, 4.69) is 17.2 Å². The average Bonchev–Trinajstić information content (AvgIpc) is 2.39. The largest absolute Gasteiger partial charge is 0.396 e. The first kappa shape index (κ1) is 13.2. The number of hydrogen-bond acceptors (Lipinski definition) is 3. The Kier molecular flexibility index (Phi) is 4.45. The number of aromatic nitrogens is 1. The van der Waals surface area contributed by atoms with Gasteiger partial charge in [0.15, 0.2) is 0 Å². The van der Waals surface area contributed by atoms with E-state index in [4.69, 9.17) is 5.73 Å². The van der Waals surface area contributed by atoms with E-state index in [-0.39, 0.29) is 0 Å². The molecule has 3 heteroatoms. The molecular weight excluding hydrogens is 222 g/mol. The molecule has 1 saturated carbocycles. The minimum absolute atomic E-state index is 0.516. The number of rotatable bonds is 4. The molecule has 0 bridgehead atoms. The van der Waals surface area contributed by atoms with Crippen LogP contribution in [0, 0.1) is 12.8 Å². The van der Waals surface area contributed by atoms with Gasteiger partial charge in [0.2, 0.25) is 0 Å². The van der Waals surface area contributed by atoms with Crippen LogP contribution in [0.25, 0.3) is 0 Å². The number of aryl methyl sites for hydroxylation is 1. The predicted molar refractivity (Wildman–Crippen MR) is 77.7 cm³/mol. The van der Waals surface area contributed by atoms with Gasteiger partial charge in [0.05, 0.1) is 5.69 Å². The summed E-state index contributed by atoms with van der Waals surface area (Å²) in [6, 6.07) is 2.51. The molecule has 0 aliphatic heterocycles. The SMILES string of the molecule is CCC(Nc1ncc(C)cc1N)C1CCCCC1. The fraction of sp³-hybridized carbons (Fsp3) is 0.667. The first-order valence-corrected chi connectivity index (χ1v) is 7.19. The van der Waals surface area contributed by atoms with Crippen molar-refractivity contribution in [3.05, 3.63) is 17.8 Å². The molecule has 0 amide bonds. The van der Waals surface area contributed by atoms with Crippen molar-refractivity contribution in [1.82, 2.24) is 4.98 Å². The Morgan fingerprint density at radius 2 is 2.11 bits per heavy atom. The van der Waals surface area contributed by atoms with Crippen LogP contribution in [0.2, 0.25) is 0 Å². The number of hydrogen-bond donors (Lipinski definition) is 2. The van der Waals surface area contributed by atoms with Gasteiger partial charge in [-0.1, -0.05) is 26.2 Å². The van der Waals surface area contributed by atoms with Gasteiger partial charge >= 0.3 is 0 Å². The van der Waals surface area contributed by atoms with Crippen molar-refractivity contribution in [2.24, 2.45) is 5.92 Å². The lowest BCUT2D eigenvalue weighted by Gasteiger charge is -2.31. The molecule has 1 aliphatic rings. The monoisotopic (exact) mass is 247 g/mol. The van der Waals surface area contributed by atoms with Gasteiger partial charge in [0.1, 0.15) is 5.82 Å². The Morgan fingerprint density at radius 1 is 1.39 bits per heavy atom. The Morgan fingerprint density at radius 3 is 2.72 bits per heavy atom. The zero-order chi connectivity index (χ0) is 13.0. The molecule has 1 heterocycles. The summed E-state index contributed by atoms with van der Waals surface area (Å²) in [5.41, 5.74) is 7.91. The second-order valence-corrected chi connectivity index (χ2v) is 5.51. The van der Waals surface area contributed by atoms with Gasteiger partial charge in [0.25, 0.3) is 0 Å². The summed E-state index contributed by atoms with van der Waals surface area (Å²) in [6.07, 6.45) is 9.86. The van der Waals surface area contributed by atoms with E-state index in [9.17, 15) is 0 Å². The van der Waals surface area contributed by atoms with Crippen LogP contribution in [0.5, 0.6) is 0 Å². The van der Waals surface area contributed by atoms with Crippen LogP contribution in [0.4, 0.5) is 11.5 Å². The number of nitrogen functional groups attached to an aromatic ring is 1. The molecule has 0 saturated heterocycles. The lowest BCUT2D eigenvalue weighted by atomic mass is 9.83. The van der Waals surface area contributed by atoms with Gasteiger partial charge in [-0.05, 0) is 43.7 Å². The summed E-state index contributed by atoms with van der Waals surface area (Å²) >= 11 is 0. The third-order valence-electron chi connectivity index (χ3n) is 4.03. The Labute approximate surface area is 110 Å². The molecular formula is C15H25N3. The molecule has 100 valence electrons. The van der Waals surface area contributed by atoms with Crippen LogP contribution < -0.4 is 11.1 Å². The zero-order valence-corrected chi connectivity index (χ0v) is 11.6. The molecule has 3 N–H and O–H groups in total. The van der Waals surface area contributed by atoms with Crippen LogP contribution in [0.3, 0.4) is 0 Å². The summed E-state index contributed by atoms with van der Waals surface area (Å²) in [4.78, 5) is 4.42. The van der Waals surface area contributed by atoms with Crippen LogP contribution in [0.1, 0.15) is 51.0 Å². The van der Waals surface area contributed by atoms with E-state index in [1.165, 1.54) is 32.1 Å². The van der Waals surface area contributed by atoms with Crippen LogP contribution >= 0.6 is 0 Å². The zero-order valence-electron chi connectivity index (χ0n) is 11.6. The third kappa shape index (κ3) is 3.15. The van der Waals surface area contributed by atoms with Gasteiger partial charge in [-0.2, -0.15) is 0 Å². The van der Waals surface area contributed by atoms with Gasteiger partial charge in [-0.15, -0.1) is 0 Å². The molecule has 0 aromatic carbocycles. The van der Waals surface area contributed by atoms with E-state index < -0.39 is 0 Å². The second kappa shape index (κ2) is 6.07. The predicted octanol–water partition coefficient (Wildman–Crippen LogP) is 3.74. The average molecular weight is 247 g/mol. The van der Waals surface area contributed by atoms with E-state index in [1.54, 1.807) is 0 Å². The third-order valence-corrected chi connectivity index (χ3v) is 4.03. The summed E-state index contributed by atoms with van der Waals surface area (Å²) < 4.78 is 0. The lowest BCUT2D eigenvalue weighted by Crippen LogP contribution is -2.30. The quantitative estimate of drug-likeness (QED) is 0.852. The van der Waals surface area contributed by atoms with E-state index in [1.807, 2.05) is 19.2 Å². The normalized spacial score (nSPS) is 18.6. The molecule has 1 aromatic heterocycles. The topological polar surface area (TPSA) is 50.9 Å². The first-order valence-electron chi connectivity index (χ1n) is 7.19. The van der Waals surface area contributed by atoms with Gasteiger partial charge < -0.3 is 11.1 Å². The number of nitrogens with two attached hydrogens (primary N) is 1. The van der Waals surface area contributed by atoms with Crippen molar-refractivity contribution < 1.29 is 0 Å². The summed E-state index contributed by atoms with van der Waals surface area (Å²) in [6.45, 7) is 4.27. The molecule has 0 radical (unpaired) electrons. The molecule has 1 unspecified atom stereocenters. The van der Waals surface area contributed by atoms with E-state index >= 15 is 0 Å². The summed E-state index contributed by atoms with van der Waals surface area (Å²) in [5.74, 6) is 1.64. The molecule has 3 nitrogen and oxygen atoms in total. The Hall–Kier alpha value is -1.25. The Balaban J connectivity index is 2.04. The maximum absolute atomic E-state index is 6.03. The maximum Gasteiger partial charge on any atom is 0.149 e. The van der Waals surface area contributed by atoms with E-state index in [0.29, 0.717) is 6.04 Å². The van der Waals surface area contributed by atoms with Crippen molar-refractivity contribution in [2.45, 2.75) is 58.4 Å². The van der Waals surface area contributed by atoms with Gasteiger partial charge in [-0.3, -0.25) is 0 Å². The number of nitrogens with zero attached hydrogens (tertiary/aromatic N) is 1. The fourth-order valence-corrected chi connectivity index (χ4v) is 2.98. The number of pyridine rings is 1. The maximum atomic E-state index is 6.03. The smallest absolute Gasteiger partial charge is 0.149 e. The minimum atomic E-state index is 0.516. The highest BCUT2D eigenvalue weighted by Crippen LogP contribution is 2.30. The van der Waals surface area contributed by atoms with E-state index in [0.717, 1.165) is 29.4 Å². The second-order valence-electron chi connectivity index (χ2n) is 5.51. The molecule has 1 atom stereocenters. The number of nitrogens with one attached hydrogen (secondary N) is 1. The highest BCUT2D eigenvalue weighted by atomic mass is 15.0. The fourth-order valence-electron chi connectivity index (χ4n) is 2.98. The van der Waals surface area contributed by atoms with Gasteiger partial charge in [0, 0.05) is 12.2 Å². The summed E-state index contributed by atoms with van der Waals surface area (Å²) in [5, 5.41) is 3.56. The first-order chi connectivity index (χ1) is 8.70. The highest BCUT2D eigenvalue weighted by Gasteiger charge is 2.22. The molecule has 18 heavy (non-hydrogen) atoms. The summed E-state index contributed by atoms with van der Waals surface area (Å²) in [7, 11) is 0. The van der Waals surface area contributed by atoms with Crippen molar-refractivity contribution >= 4 is 11.5 Å².